The average molecular weight is 257 g/mol. The summed E-state index contributed by atoms with van der Waals surface area (Å²) in [6.45, 7) is 0.885. The number of alkyl halides is 1. The maximum Gasteiger partial charge on any atom is 0.123 e. The minimum atomic E-state index is -0.185. The predicted octanol–water partition coefficient (Wildman–Crippen LogP) is 4.11. The van der Waals surface area contributed by atoms with Crippen LogP contribution in [-0.4, -0.2) is 18.6 Å². The highest BCUT2D eigenvalue weighted by molar-refractivity contribution is 6.18. The molecule has 1 fully saturated rings. The van der Waals surface area contributed by atoms with Crippen molar-refractivity contribution in [3.05, 3.63) is 35.6 Å². The Balaban J connectivity index is 1.91. The summed E-state index contributed by atoms with van der Waals surface area (Å²) in [5.74, 6) is 0.585. The van der Waals surface area contributed by atoms with Crippen LogP contribution in [0.2, 0.25) is 0 Å². The smallest absolute Gasteiger partial charge is 0.123 e. The molecule has 0 amide bonds. The van der Waals surface area contributed by atoms with E-state index in [1.807, 2.05) is 6.07 Å². The highest BCUT2D eigenvalue weighted by Crippen LogP contribution is 2.27. The fraction of sp³-hybridized carbons (Fsp3) is 0.571. The fourth-order valence-corrected chi connectivity index (χ4v) is 2.68. The van der Waals surface area contributed by atoms with E-state index in [-0.39, 0.29) is 11.7 Å². The number of ether oxygens (including phenoxy) is 1. The van der Waals surface area contributed by atoms with E-state index >= 15 is 0 Å². The summed E-state index contributed by atoms with van der Waals surface area (Å²) in [5.41, 5.74) is 0.998. The fourth-order valence-electron chi connectivity index (χ4n) is 2.35. The number of rotatable bonds is 5. The van der Waals surface area contributed by atoms with Gasteiger partial charge in [-0.3, -0.25) is 0 Å². The van der Waals surface area contributed by atoms with Crippen LogP contribution in [0.3, 0.4) is 0 Å². The lowest BCUT2D eigenvalue weighted by Crippen LogP contribution is -2.09. The SMILES string of the molecule is Fc1cccc(C(CCl)CCC2CCCO2)c1. The molecule has 1 aromatic rings. The Morgan fingerprint density at radius 1 is 1.47 bits per heavy atom. The van der Waals surface area contributed by atoms with Gasteiger partial charge in [-0.05, 0) is 49.3 Å². The van der Waals surface area contributed by atoms with Crippen LogP contribution in [0, 0.1) is 5.82 Å². The van der Waals surface area contributed by atoms with E-state index in [0.29, 0.717) is 12.0 Å². The van der Waals surface area contributed by atoms with Gasteiger partial charge in [-0.1, -0.05) is 12.1 Å². The summed E-state index contributed by atoms with van der Waals surface area (Å²) in [6.07, 6.45) is 4.69. The molecule has 0 radical (unpaired) electrons. The van der Waals surface area contributed by atoms with Gasteiger partial charge in [0.05, 0.1) is 6.10 Å². The molecular weight excluding hydrogens is 239 g/mol. The van der Waals surface area contributed by atoms with Gasteiger partial charge in [0.2, 0.25) is 0 Å². The lowest BCUT2D eigenvalue weighted by Gasteiger charge is -2.16. The molecule has 1 aromatic carbocycles. The van der Waals surface area contributed by atoms with E-state index in [4.69, 9.17) is 16.3 Å². The van der Waals surface area contributed by atoms with Crippen molar-refractivity contribution in [2.24, 2.45) is 0 Å². The van der Waals surface area contributed by atoms with Crippen LogP contribution in [-0.2, 0) is 4.74 Å². The van der Waals surface area contributed by atoms with Gasteiger partial charge >= 0.3 is 0 Å². The Hall–Kier alpha value is -0.600. The molecule has 17 heavy (non-hydrogen) atoms. The van der Waals surface area contributed by atoms with E-state index in [1.54, 1.807) is 12.1 Å². The molecular formula is C14H18ClFO. The number of benzene rings is 1. The first-order chi connectivity index (χ1) is 8.29. The van der Waals surface area contributed by atoms with E-state index in [0.717, 1.165) is 37.9 Å². The average Bonchev–Trinajstić information content (AvgIpc) is 2.83. The van der Waals surface area contributed by atoms with Crippen molar-refractivity contribution in [3.8, 4) is 0 Å². The molecule has 0 N–H and O–H groups in total. The first-order valence-electron chi connectivity index (χ1n) is 6.22. The molecule has 0 aromatic heterocycles. The standard InChI is InChI=1S/C14H18ClFO/c15-10-12(6-7-14-5-2-8-17-14)11-3-1-4-13(16)9-11/h1,3-4,9,12,14H,2,5-8,10H2. The van der Waals surface area contributed by atoms with Crippen molar-refractivity contribution >= 4 is 11.6 Å². The topological polar surface area (TPSA) is 9.23 Å². The molecule has 1 saturated heterocycles. The summed E-state index contributed by atoms with van der Waals surface area (Å²) in [5, 5.41) is 0. The summed E-state index contributed by atoms with van der Waals surface area (Å²) < 4.78 is 18.7. The van der Waals surface area contributed by atoms with Gasteiger partial charge < -0.3 is 4.74 Å². The molecule has 0 saturated carbocycles. The normalized spacial score (nSPS) is 21.6. The maximum absolute atomic E-state index is 13.1. The third kappa shape index (κ3) is 3.68. The third-order valence-electron chi connectivity index (χ3n) is 3.37. The third-order valence-corrected chi connectivity index (χ3v) is 3.74. The van der Waals surface area contributed by atoms with Gasteiger partial charge in [-0.2, -0.15) is 0 Å². The Bertz CT molecular complexity index is 350. The van der Waals surface area contributed by atoms with E-state index in [9.17, 15) is 4.39 Å². The summed E-state index contributed by atoms with van der Waals surface area (Å²) >= 11 is 5.98. The van der Waals surface area contributed by atoms with Crippen molar-refractivity contribution in [2.45, 2.75) is 37.7 Å². The lowest BCUT2D eigenvalue weighted by atomic mass is 9.94. The number of halogens is 2. The number of hydrogen-bond acceptors (Lipinski definition) is 1. The molecule has 1 nitrogen and oxygen atoms in total. The molecule has 2 atom stereocenters. The zero-order chi connectivity index (χ0) is 12.1. The molecule has 94 valence electrons. The zero-order valence-electron chi connectivity index (χ0n) is 9.87. The van der Waals surface area contributed by atoms with Gasteiger partial charge in [0.15, 0.2) is 0 Å². The van der Waals surface area contributed by atoms with Gasteiger partial charge in [0.25, 0.3) is 0 Å². The molecule has 2 rings (SSSR count). The molecule has 3 heteroatoms. The monoisotopic (exact) mass is 256 g/mol. The predicted molar refractivity (Wildman–Crippen MR) is 68.1 cm³/mol. The lowest BCUT2D eigenvalue weighted by molar-refractivity contribution is 0.101. The molecule has 1 aliphatic heterocycles. The van der Waals surface area contributed by atoms with E-state index in [1.165, 1.54) is 6.07 Å². The zero-order valence-corrected chi connectivity index (χ0v) is 10.6. The van der Waals surface area contributed by atoms with Crippen LogP contribution in [0.25, 0.3) is 0 Å². The van der Waals surface area contributed by atoms with Crippen LogP contribution in [0.4, 0.5) is 4.39 Å². The molecule has 0 spiro atoms. The second-order valence-corrected chi connectivity index (χ2v) is 4.93. The van der Waals surface area contributed by atoms with E-state index < -0.39 is 0 Å². The Kier molecular flexibility index (Phi) is 4.81. The second kappa shape index (κ2) is 6.36. The van der Waals surface area contributed by atoms with Crippen LogP contribution < -0.4 is 0 Å². The highest BCUT2D eigenvalue weighted by atomic mass is 35.5. The highest BCUT2D eigenvalue weighted by Gasteiger charge is 2.18. The second-order valence-electron chi connectivity index (χ2n) is 4.62. The van der Waals surface area contributed by atoms with Gasteiger partial charge in [0, 0.05) is 12.5 Å². The molecule has 2 unspecified atom stereocenters. The van der Waals surface area contributed by atoms with E-state index in [2.05, 4.69) is 0 Å². The van der Waals surface area contributed by atoms with Crippen molar-refractivity contribution in [1.29, 1.82) is 0 Å². The van der Waals surface area contributed by atoms with Crippen molar-refractivity contribution in [3.63, 3.8) is 0 Å². The number of hydrogen-bond donors (Lipinski definition) is 0. The van der Waals surface area contributed by atoms with Crippen LogP contribution in [0.5, 0.6) is 0 Å². The summed E-state index contributed by atoms with van der Waals surface area (Å²) in [6, 6.07) is 6.75. The Labute approximate surface area is 107 Å². The Morgan fingerprint density at radius 3 is 3.00 bits per heavy atom. The minimum absolute atomic E-state index is 0.185. The molecule has 0 aliphatic carbocycles. The molecule has 1 heterocycles. The van der Waals surface area contributed by atoms with Gasteiger partial charge in [-0.25, -0.2) is 4.39 Å². The minimum Gasteiger partial charge on any atom is -0.378 e. The van der Waals surface area contributed by atoms with Crippen molar-refractivity contribution in [1.82, 2.24) is 0 Å². The van der Waals surface area contributed by atoms with Crippen molar-refractivity contribution in [2.75, 3.05) is 12.5 Å². The first kappa shape index (κ1) is 12.8. The maximum atomic E-state index is 13.1. The molecule has 1 aliphatic rings. The largest absolute Gasteiger partial charge is 0.378 e. The summed E-state index contributed by atoms with van der Waals surface area (Å²) in [7, 11) is 0. The van der Waals surface area contributed by atoms with Crippen LogP contribution >= 0.6 is 11.6 Å². The summed E-state index contributed by atoms with van der Waals surface area (Å²) in [4.78, 5) is 0. The Morgan fingerprint density at radius 2 is 2.35 bits per heavy atom. The van der Waals surface area contributed by atoms with Gasteiger partial charge in [0.1, 0.15) is 5.82 Å². The van der Waals surface area contributed by atoms with Crippen molar-refractivity contribution < 1.29 is 9.13 Å². The van der Waals surface area contributed by atoms with Gasteiger partial charge in [-0.15, -0.1) is 11.6 Å². The quantitative estimate of drug-likeness (QED) is 0.721. The molecule has 0 bridgehead atoms. The first-order valence-corrected chi connectivity index (χ1v) is 6.76. The van der Waals surface area contributed by atoms with Crippen LogP contribution in [0.1, 0.15) is 37.2 Å². The van der Waals surface area contributed by atoms with Crippen LogP contribution in [0.15, 0.2) is 24.3 Å².